The smallest absolute Gasteiger partial charge is 0.330 e. The van der Waals surface area contributed by atoms with Gasteiger partial charge < -0.3 is 11.1 Å². The van der Waals surface area contributed by atoms with Crippen LogP contribution in [0.1, 0.15) is 20.8 Å². The Kier molecular flexibility index (Phi) is 3.11. The van der Waals surface area contributed by atoms with Gasteiger partial charge in [-0.15, -0.1) is 0 Å². The zero-order chi connectivity index (χ0) is 12.5. The van der Waals surface area contributed by atoms with Crippen LogP contribution in [0.15, 0.2) is 9.59 Å². The fourth-order valence-corrected chi connectivity index (χ4v) is 1.46. The zero-order valence-corrected chi connectivity index (χ0v) is 10.0. The van der Waals surface area contributed by atoms with Crippen LogP contribution >= 0.6 is 0 Å². The van der Waals surface area contributed by atoms with Crippen LogP contribution in [-0.4, -0.2) is 16.6 Å². The molecule has 0 aliphatic heterocycles. The lowest BCUT2D eigenvalue weighted by Crippen LogP contribution is -2.36. The number of hydrogen-bond donors (Lipinski definition) is 3. The summed E-state index contributed by atoms with van der Waals surface area (Å²) < 4.78 is 1.37. The van der Waals surface area contributed by atoms with Crippen LogP contribution in [0.25, 0.3) is 0 Å². The molecule has 0 amide bonds. The Balaban J connectivity index is 3.41. The number of H-pyrrole nitrogens is 1. The highest BCUT2D eigenvalue weighted by Crippen LogP contribution is 2.18. The van der Waals surface area contributed by atoms with Crippen LogP contribution in [0.4, 0.5) is 11.5 Å². The summed E-state index contributed by atoms with van der Waals surface area (Å²) in [5.74, 6) is 0.172. The molecule has 0 radical (unpaired) electrons. The molecule has 1 heterocycles. The van der Waals surface area contributed by atoms with E-state index < -0.39 is 11.2 Å². The maximum absolute atomic E-state index is 11.6. The summed E-state index contributed by atoms with van der Waals surface area (Å²) in [7, 11) is 1.59. The number of nitrogens with two attached hydrogens (primary N) is 1. The Labute approximate surface area is 93.5 Å². The minimum absolute atomic E-state index is 0.0960. The molecule has 1 aromatic heterocycles. The van der Waals surface area contributed by atoms with Crippen molar-refractivity contribution in [2.24, 2.45) is 5.41 Å². The van der Waals surface area contributed by atoms with Crippen LogP contribution in [-0.2, 0) is 6.54 Å². The van der Waals surface area contributed by atoms with Crippen molar-refractivity contribution in [1.29, 1.82) is 0 Å². The highest BCUT2D eigenvalue weighted by Gasteiger charge is 2.17. The average Bonchev–Trinajstić information content (AvgIpc) is 2.11. The Morgan fingerprint density at radius 2 is 1.94 bits per heavy atom. The number of nitrogen functional groups attached to an aromatic ring is 1. The summed E-state index contributed by atoms with van der Waals surface area (Å²) in [4.78, 5) is 25.2. The van der Waals surface area contributed by atoms with Crippen molar-refractivity contribution < 1.29 is 0 Å². The second kappa shape index (κ2) is 4.03. The van der Waals surface area contributed by atoms with E-state index in [1.807, 2.05) is 20.8 Å². The highest BCUT2D eigenvalue weighted by molar-refractivity contribution is 5.59. The van der Waals surface area contributed by atoms with Crippen molar-refractivity contribution in [3.8, 4) is 0 Å². The van der Waals surface area contributed by atoms with Crippen LogP contribution < -0.4 is 22.3 Å². The van der Waals surface area contributed by atoms with E-state index in [1.54, 1.807) is 7.05 Å². The van der Waals surface area contributed by atoms with E-state index in [1.165, 1.54) is 4.57 Å². The van der Waals surface area contributed by atoms with Gasteiger partial charge in [-0.3, -0.25) is 14.3 Å². The molecule has 0 unspecified atom stereocenters. The summed E-state index contributed by atoms with van der Waals surface area (Å²) in [5, 5.41) is 2.69. The molecule has 90 valence electrons. The molecule has 6 nitrogen and oxygen atoms in total. The molecule has 0 aliphatic rings. The number of aromatic nitrogens is 2. The third-order valence-corrected chi connectivity index (χ3v) is 2.12. The van der Waals surface area contributed by atoms with E-state index in [2.05, 4.69) is 10.3 Å². The molecule has 16 heavy (non-hydrogen) atoms. The monoisotopic (exact) mass is 226 g/mol. The Hall–Kier alpha value is -1.72. The first-order valence-corrected chi connectivity index (χ1v) is 5.06. The fourth-order valence-electron chi connectivity index (χ4n) is 1.46. The molecule has 6 heteroatoms. The maximum atomic E-state index is 11.6. The molecular weight excluding hydrogens is 208 g/mol. The number of rotatable bonds is 2. The van der Waals surface area contributed by atoms with Crippen molar-refractivity contribution in [2.75, 3.05) is 18.1 Å². The zero-order valence-electron chi connectivity index (χ0n) is 10.0. The summed E-state index contributed by atoms with van der Waals surface area (Å²) in [6, 6.07) is 0. The van der Waals surface area contributed by atoms with Gasteiger partial charge in [-0.2, -0.15) is 0 Å². The van der Waals surface area contributed by atoms with Gasteiger partial charge in [0.05, 0.1) is 0 Å². The molecule has 0 saturated heterocycles. The topological polar surface area (TPSA) is 92.9 Å². The maximum Gasteiger partial charge on any atom is 0.330 e. The van der Waals surface area contributed by atoms with Gasteiger partial charge in [-0.25, -0.2) is 4.79 Å². The lowest BCUT2D eigenvalue weighted by atomic mass is 9.97. The third-order valence-electron chi connectivity index (χ3n) is 2.12. The van der Waals surface area contributed by atoms with E-state index >= 15 is 0 Å². The lowest BCUT2D eigenvalue weighted by molar-refractivity contribution is 0.338. The van der Waals surface area contributed by atoms with Gasteiger partial charge in [-0.05, 0) is 5.41 Å². The van der Waals surface area contributed by atoms with E-state index in [0.717, 1.165) is 0 Å². The molecule has 0 atom stereocenters. The van der Waals surface area contributed by atoms with Crippen molar-refractivity contribution in [1.82, 2.24) is 9.55 Å². The first-order chi connectivity index (χ1) is 7.26. The number of aromatic amines is 1. The highest BCUT2D eigenvalue weighted by atomic mass is 16.2. The average molecular weight is 226 g/mol. The van der Waals surface area contributed by atoms with Crippen LogP contribution in [0, 0.1) is 5.41 Å². The predicted octanol–water partition coefficient (Wildman–Crippen LogP) is 0.207. The summed E-state index contributed by atoms with van der Waals surface area (Å²) in [5.41, 5.74) is 4.95. The van der Waals surface area contributed by atoms with Gasteiger partial charge in [0.2, 0.25) is 0 Å². The second-order valence-corrected chi connectivity index (χ2v) is 4.92. The van der Waals surface area contributed by atoms with Crippen molar-refractivity contribution in [3.63, 3.8) is 0 Å². The molecule has 0 aromatic carbocycles. The third kappa shape index (κ3) is 2.44. The fraction of sp³-hybridized carbons (Fsp3) is 0.600. The Morgan fingerprint density at radius 1 is 1.38 bits per heavy atom. The lowest BCUT2D eigenvalue weighted by Gasteiger charge is -2.21. The van der Waals surface area contributed by atoms with E-state index in [9.17, 15) is 9.59 Å². The molecule has 1 aromatic rings. The normalized spacial score (nSPS) is 11.5. The summed E-state index contributed by atoms with van der Waals surface area (Å²) >= 11 is 0. The summed E-state index contributed by atoms with van der Waals surface area (Å²) in [6.45, 7) is 6.41. The summed E-state index contributed by atoms with van der Waals surface area (Å²) in [6.07, 6.45) is 0. The van der Waals surface area contributed by atoms with Gasteiger partial charge in [0.1, 0.15) is 11.5 Å². The van der Waals surface area contributed by atoms with Crippen molar-refractivity contribution in [2.45, 2.75) is 27.3 Å². The quantitative estimate of drug-likeness (QED) is 0.672. The Morgan fingerprint density at radius 3 is 2.38 bits per heavy atom. The minimum Gasteiger partial charge on any atom is -0.383 e. The standard InChI is InChI=1S/C10H18N4O2/c1-10(2,3)5-14-7(11)6(12-4)8(15)13-9(14)16/h12H,5,11H2,1-4H3,(H,13,15,16). The molecule has 0 bridgehead atoms. The van der Waals surface area contributed by atoms with E-state index in [0.29, 0.717) is 6.54 Å². The van der Waals surface area contributed by atoms with Crippen LogP contribution in [0.3, 0.4) is 0 Å². The van der Waals surface area contributed by atoms with Gasteiger partial charge in [0.25, 0.3) is 5.56 Å². The van der Waals surface area contributed by atoms with Gasteiger partial charge in [-0.1, -0.05) is 20.8 Å². The van der Waals surface area contributed by atoms with Crippen LogP contribution in [0.5, 0.6) is 0 Å². The Bertz CT molecular complexity index is 493. The van der Waals surface area contributed by atoms with E-state index in [4.69, 9.17) is 5.73 Å². The SMILES string of the molecule is CNc1c(N)n(CC(C)(C)C)c(=O)[nH]c1=O. The largest absolute Gasteiger partial charge is 0.383 e. The van der Waals surface area contributed by atoms with Gasteiger partial charge in [0.15, 0.2) is 0 Å². The molecule has 0 aliphatic carbocycles. The first-order valence-electron chi connectivity index (χ1n) is 5.06. The second-order valence-electron chi connectivity index (χ2n) is 4.92. The molecule has 1 rings (SSSR count). The first kappa shape index (κ1) is 12.4. The molecule has 0 fully saturated rings. The number of nitrogens with one attached hydrogen (secondary N) is 2. The van der Waals surface area contributed by atoms with Crippen LogP contribution in [0.2, 0.25) is 0 Å². The minimum atomic E-state index is -0.491. The number of hydrogen-bond acceptors (Lipinski definition) is 4. The molecular formula is C10H18N4O2. The number of anilines is 2. The van der Waals surface area contributed by atoms with Gasteiger partial charge in [0, 0.05) is 13.6 Å². The van der Waals surface area contributed by atoms with Crippen molar-refractivity contribution >= 4 is 11.5 Å². The predicted molar refractivity (Wildman–Crippen MR) is 64.7 cm³/mol. The number of nitrogens with zero attached hydrogens (tertiary/aromatic N) is 1. The van der Waals surface area contributed by atoms with Crippen molar-refractivity contribution in [3.05, 3.63) is 20.8 Å². The van der Waals surface area contributed by atoms with Gasteiger partial charge >= 0.3 is 5.69 Å². The molecule has 0 saturated carbocycles. The molecule has 0 spiro atoms. The van der Waals surface area contributed by atoms with E-state index in [-0.39, 0.29) is 16.9 Å². The molecule has 4 N–H and O–H groups in total.